The standard InChI is InChI=1S/C19H25N3O2/c1-3-4-11-21-19(23)18-9-8-16(14-22-18)20-12-10-15-6-5-7-17(13-15)24-2/h5-9,13-14,20H,3-4,10-12H2,1-2H3,(H,21,23). The molecule has 0 aliphatic carbocycles. The largest absolute Gasteiger partial charge is 0.497 e. The molecule has 0 aliphatic heterocycles. The van der Waals surface area contributed by atoms with Crippen LogP contribution in [-0.4, -0.2) is 31.1 Å². The van der Waals surface area contributed by atoms with Gasteiger partial charge in [0.2, 0.25) is 0 Å². The van der Waals surface area contributed by atoms with E-state index in [0.717, 1.165) is 37.2 Å². The van der Waals surface area contributed by atoms with E-state index in [9.17, 15) is 4.79 Å². The smallest absolute Gasteiger partial charge is 0.269 e. The van der Waals surface area contributed by atoms with Crippen molar-refractivity contribution in [3.05, 3.63) is 53.9 Å². The number of amides is 1. The maximum absolute atomic E-state index is 11.9. The molecule has 0 bridgehead atoms. The number of pyridine rings is 1. The number of hydrogen-bond acceptors (Lipinski definition) is 4. The van der Waals surface area contributed by atoms with E-state index in [0.29, 0.717) is 12.2 Å². The number of anilines is 1. The Kier molecular flexibility index (Phi) is 7.08. The topological polar surface area (TPSA) is 63.2 Å². The summed E-state index contributed by atoms with van der Waals surface area (Å²) in [6.45, 7) is 3.57. The third-order valence-corrected chi connectivity index (χ3v) is 3.69. The number of aromatic nitrogens is 1. The van der Waals surface area contributed by atoms with Crippen molar-refractivity contribution in [2.24, 2.45) is 0 Å². The first-order valence-corrected chi connectivity index (χ1v) is 8.34. The zero-order valence-electron chi connectivity index (χ0n) is 14.3. The van der Waals surface area contributed by atoms with Crippen LogP contribution in [0.3, 0.4) is 0 Å². The zero-order valence-corrected chi connectivity index (χ0v) is 14.3. The van der Waals surface area contributed by atoms with E-state index in [-0.39, 0.29) is 5.91 Å². The summed E-state index contributed by atoms with van der Waals surface area (Å²) in [6.07, 6.45) is 4.62. The average Bonchev–Trinajstić information content (AvgIpc) is 2.62. The lowest BCUT2D eigenvalue weighted by atomic mass is 10.1. The maximum Gasteiger partial charge on any atom is 0.269 e. The monoisotopic (exact) mass is 327 g/mol. The van der Waals surface area contributed by atoms with Gasteiger partial charge in [-0.25, -0.2) is 4.98 Å². The van der Waals surface area contributed by atoms with Gasteiger partial charge >= 0.3 is 0 Å². The summed E-state index contributed by atoms with van der Waals surface area (Å²) >= 11 is 0. The van der Waals surface area contributed by atoms with Gasteiger partial charge in [-0.3, -0.25) is 4.79 Å². The molecule has 0 unspecified atom stereocenters. The SMILES string of the molecule is CCCCNC(=O)c1ccc(NCCc2cccc(OC)c2)cn1. The summed E-state index contributed by atoms with van der Waals surface area (Å²) in [7, 11) is 1.67. The Morgan fingerprint density at radius 3 is 2.79 bits per heavy atom. The van der Waals surface area contributed by atoms with Gasteiger partial charge in [0.25, 0.3) is 5.91 Å². The molecule has 0 saturated carbocycles. The summed E-state index contributed by atoms with van der Waals surface area (Å²) in [5, 5.41) is 6.18. The van der Waals surface area contributed by atoms with Crippen molar-refractivity contribution in [2.45, 2.75) is 26.2 Å². The molecule has 0 radical (unpaired) electrons. The van der Waals surface area contributed by atoms with Crippen molar-refractivity contribution in [2.75, 3.05) is 25.5 Å². The summed E-state index contributed by atoms with van der Waals surface area (Å²) < 4.78 is 5.22. The van der Waals surface area contributed by atoms with Gasteiger partial charge < -0.3 is 15.4 Å². The second-order valence-corrected chi connectivity index (χ2v) is 5.57. The molecule has 0 fully saturated rings. The summed E-state index contributed by atoms with van der Waals surface area (Å²) in [6, 6.07) is 11.7. The molecule has 24 heavy (non-hydrogen) atoms. The van der Waals surface area contributed by atoms with Crippen molar-refractivity contribution in [3.63, 3.8) is 0 Å². The van der Waals surface area contributed by atoms with Crippen molar-refractivity contribution in [3.8, 4) is 5.75 Å². The van der Waals surface area contributed by atoms with Crippen molar-refractivity contribution < 1.29 is 9.53 Å². The molecule has 1 amide bonds. The summed E-state index contributed by atoms with van der Waals surface area (Å²) in [5.41, 5.74) is 2.56. The van der Waals surface area contributed by atoms with Crippen LogP contribution in [0.1, 0.15) is 35.8 Å². The van der Waals surface area contributed by atoms with Crippen LogP contribution >= 0.6 is 0 Å². The Labute approximate surface area is 143 Å². The highest BCUT2D eigenvalue weighted by Gasteiger charge is 2.06. The van der Waals surface area contributed by atoms with Crippen LogP contribution in [0.25, 0.3) is 0 Å². The van der Waals surface area contributed by atoms with Crippen molar-refractivity contribution in [1.29, 1.82) is 0 Å². The summed E-state index contributed by atoms with van der Waals surface area (Å²) in [4.78, 5) is 16.1. The van der Waals surface area contributed by atoms with Crippen molar-refractivity contribution in [1.82, 2.24) is 10.3 Å². The van der Waals surface area contributed by atoms with Gasteiger partial charge in [0.1, 0.15) is 11.4 Å². The molecule has 5 nitrogen and oxygen atoms in total. The minimum atomic E-state index is -0.119. The molecule has 5 heteroatoms. The second kappa shape index (κ2) is 9.55. The number of ether oxygens (including phenoxy) is 1. The third-order valence-electron chi connectivity index (χ3n) is 3.69. The molecule has 1 heterocycles. The molecular formula is C19H25N3O2. The Balaban J connectivity index is 1.80. The highest BCUT2D eigenvalue weighted by atomic mass is 16.5. The Hall–Kier alpha value is -2.56. The van der Waals surface area contributed by atoms with E-state index in [1.165, 1.54) is 5.56 Å². The number of carbonyl (C=O) groups is 1. The van der Waals surface area contributed by atoms with Crippen LogP contribution in [-0.2, 0) is 6.42 Å². The van der Waals surface area contributed by atoms with Crippen LogP contribution in [0.4, 0.5) is 5.69 Å². The molecule has 2 aromatic rings. The van der Waals surface area contributed by atoms with Gasteiger partial charge in [-0.15, -0.1) is 0 Å². The van der Waals surface area contributed by atoms with E-state index in [4.69, 9.17) is 4.74 Å². The minimum Gasteiger partial charge on any atom is -0.497 e. The Morgan fingerprint density at radius 1 is 1.21 bits per heavy atom. The molecule has 0 saturated heterocycles. The lowest BCUT2D eigenvalue weighted by Crippen LogP contribution is -2.25. The lowest BCUT2D eigenvalue weighted by Gasteiger charge is -2.08. The van der Waals surface area contributed by atoms with E-state index in [1.807, 2.05) is 24.3 Å². The first-order chi connectivity index (χ1) is 11.7. The first kappa shape index (κ1) is 17.8. The third kappa shape index (κ3) is 5.57. The molecule has 0 spiro atoms. The molecule has 2 rings (SSSR count). The fourth-order valence-corrected chi connectivity index (χ4v) is 2.28. The predicted molar refractivity (Wildman–Crippen MR) is 96.7 cm³/mol. The number of rotatable bonds is 9. The number of methoxy groups -OCH3 is 1. The van der Waals surface area contributed by atoms with Crippen LogP contribution in [0.5, 0.6) is 5.75 Å². The van der Waals surface area contributed by atoms with E-state index >= 15 is 0 Å². The van der Waals surface area contributed by atoms with Crippen LogP contribution in [0.2, 0.25) is 0 Å². The predicted octanol–water partition coefficient (Wildman–Crippen LogP) is 3.27. The number of nitrogens with one attached hydrogen (secondary N) is 2. The van der Waals surface area contributed by atoms with Gasteiger partial charge in [-0.1, -0.05) is 25.5 Å². The van der Waals surface area contributed by atoms with Gasteiger partial charge in [-0.05, 0) is 42.7 Å². The highest BCUT2D eigenvalue weighted by Crippen LogP contribution is 2.13. The number of hydrogen-bond donors (Lipinski definition) is 2. The molecular weight excluding hydrogens is 302 g/mol. The molecule has 0 aliphatic rings. The molecule has 1 aromatic heterocycles. The van der Waals surface area contributed by atoms with E-state index < -0.39 is 0 Å². The number of unbranched alkanes of at least 4 members (excludes halogenated alkanes) is 1. The Bertz CT molecular complexity index is 641. The number of nitrogens with zero attached hydrogens (tertiary/aromatic N) is 1. The fraction of sp³-hybridized carbons (Fsp3) is 0.368. The lowest BCUT2D eigenvalue weighted by molar-refractivity contribution is 0.0948. The first-order valence-electron chi connectivity index (χ1n) is 8.34. The number of carbonyl (C=O) groups excluding carboxylic acids is 1. The molecule has 0 atom stereocenters. The molecule has 2 N–H and O–H groups in total. The maximum atomic E-state index is 11.9. The van der Waals surface area contributed by atoms with Gasteiger partial charge in [0.05, 0.1) is 19.0 Å². The van der Waals surface area contributed by atoms with Crippen molar-refractivity contribution >= 4 is 11.6 Å². The normalized spacial score (nSPS) is 10.2. The van der Waals surface area contributed by atoms with Gasteiger partial charge in [-0.2, -0.15) is 0 Å². The average molecular weight is 327 g/mol. The van der Waals surface area contributed by atoms with Gasteiger partial charge in [0, 0.05) is 13.1 Å². The minimum absolute atomic E-state index is 0.119. The zero-order chi connectivity index (χ0) is 17.2. The highest BCUT2D eigenvalue weighted by molar-refractivity contribution is 5.92. The second-order valence-electron chi connectivity index (χ2n) is 5.57. The fourth-order valence-electron chi connectivity index (χ4n) is 2.28. The quantitative estimate of drug-likeness (QED) is 0.694. The van der Waals surface area contributed by atoms with E-state index in [1.54, 1.807) is 19.4 Å². The van der Waals surface area contributed by atoms with Gasteiger partial charge in [0.15, 0.2) is 0 Å². The molecule has 1 aromatic carbocycles. The van der Waals surface area contributed by atoms with Crippen LogP contribution < -0.4 is 15.4 Å². The number of benzene rings is 1. The summed E-state index contributed by atoms with van der Waals surface area (Å²) in [5.74, 6) is 0.749. The van der Waals surface area contributed by atoms with E-state index in [2.05, 4.69) is 28.6 Å². The van der Waals surface area contributed by atoms with Crippen LogP contribution in [0.15, 0.2) is 42.6 Å². The Morgan fingerprint density at radius 2 is 2.08 bits per heavy atom. The molecule has 128 valence electrons. The van der Waals surface area contributed by atoms with Crippen LogP contribution in [0, 0.1) is 0 Å².